The molecule has 3 nitrogen and oxygen atoms in total. The molecule has 19 heavy (non-hydrogen) atoms. The number of hydrogen-bond acceptors (Lipinski definition) is 3. The molecule has 0 radical (unpaired) electrons. The molecule has 2 rings (SSSR count). The van der Waals surface area contributed by atoms with Gasteiger partial charge < -0.3 is 14.6 Å². The molecule has 0 aliphatic heterocycles. The summed E-state index contributed by atoms with van der Waals surface area (Å²) in [5.74, 6) is 1.15. The van der Waals surface area contributed by atoms with Crippen molar-refractivity contribution in [3.8, 4) is 11.5 Å². The summed E-state index contributed by atoms with van der Waals surface area (Å²) in [7, 11) is 3.29. The minimum atomic E-state index is 0.311. The molecule has 0 spiro atoms. The fourth-order valence-corrected chi connectivity index (χ4v) is 1.98. The highest BCUT2D eigenvalue weighted by Gasteiger charge is 2.04. The Balaban J connectivity index is 2.13. The number of phenolic OH excluding ortho intramolecular Hbond substituents is 1. The molecular formula is C16H18O3. The zero-order chi connectivity index (χ0) is 13.7. The summed E-state index contributed by atoms with van der Waals surface area (Å²) < 4.78 is 10.2. The molecule has 100 valence electrons. The smallest absolute Gasteiger partial charge is 0.119 e. The molecular weight excluding hydrogens is 240 g/mol. The number of hydrogen-bond donors (Lipinski definition) is 1. The van der Waals surface area contributed by atoms with Gasteiger partial charge in [-0.2, -0.15) is 0 Å². The fourth-order valence-electron chi connectivity index (χ4n) is 1.98. The molecule has 0 saturated carbocycles. The highest BCUT2D eigenvalue weighted by Crippen LogP contribution is 2.23. The van der Waals surface area contributed by atoms with Crippen LogP contribution in [0, 0.1) is 0 Å². The average Bonchev–Trinajstić information content (AvgIpc) is 2.43. The standard InChI is InChI=1S/C16H18O3/c1-18-11-13-3-6-14(16(17)10-13)9-12-4-7-15(19-2)8-5-12/h3-8,10,17H,9,11H2,1-2H3. The van der Waals surface area contributed by atoms with Crippen molar-refractivity contribution in [3.63, 3.8) is 0 Å². The quantitative estimate of drug-likeness (QED) is 0.895. The molecule has 0 heterocycles. The normalized spacial score (nSPS) is 10.4. The van der Waals surface area contributed by atoms with Crippen molar-refractivity contribution in [2.24, 2.45) is 0 Å². The van der Waals surface area contributed by atoms with Crippen LogP contribution in [0.1, 0.15) is 16.7 Å². The number of phenols is 1. The Morgan fingerprint density at radius 3 is 2.21 bits per heavy atom. The molecule has 0 aliphatic rings. The largest absolute Gasteiger partial charge is 0.508 e. The van der Waals surface area contributed by atoms with E-state index in [4.69, 9.17) is 9.47 Å². The maximum atomic E-state index is 10.00. The van der Waals surface area contributed by atoms with Gasteiger partial charge in [-0.15, -0.1) is 0 Å². The Morgan fingerprint density at radius 1 is 0.947 bits per heavy atom. The molecule has 2 aromatic rings. The van der Waals surface area contributed by atoms with Crippen molar-refractivity contribution in [2.45, 2.75) is 13.0 Å². The first-order chi connectivity index (χ1) is 9.22. The summed E-state index contributed by atoms with van der Waals surface area (Å²) in [6.07, 6.45) is 0.698. The van der Waals surface area contributed by atoms with Gasteiger partial charge in [0.25, 0.3) is 0 Å². The predicted octanol–water partition coefficient (Wildman–Crippen LogP) is 3.14. The van der Waals surface area contributed by atoms with Crippen molar-refractivity contribution < 1.29 is 14.6 Å². The number of benzene rings is 2. The topological polar surface area (TPSA) is 38.7 Å². The van der Waals surface area contributed by atoms with Crippen molar-refractivity contribution in [1.29, 1.82) is 0 Å². The average molecular weight is 258 g/mol. The molecule has 0 unspecified atom stereocenters. The predicted molar refractivity (Wildman–Crippen MR) is 74.6 cm³/mol. The van der Waals surface area contributed by atoms with Gasteiger partial charge in [-0.25, -0.2) is 0 Å². The van der Waals surface area contributed by atoms with Gasteiger partial charge in [-0.05, 0) is 34.9 Å². The van der Waals surface area contributed by atoms with Crippen molar-refractivity contribution in [3.05, 3.63) is 59.2 Å². The van der Waals surface area contributed by atoms with E-state index in [2.05, 4.69) is 0 Å². The minimum absolute atomic E-state index is 0.311. The summed E-state index contributed by atoms with van der Waals surface area (Å²) >= 11 is 0. The van der Waals surface area contributed by atoms with Crippen molar-refractivity contribution >= 4 is 0 Å². The fraction of sp³-hybridized carbons (Fsp3) is 0.250. The SMILES string of the molecule is COCc1ccc(Cc2ccc(OC)cc2)c(O)c1. The van der Waals surface area contributed by atoms with Gasteiger partial charge in [0.05, 0.1) is 13.7 Å². The van der Waals surface area contributed by atoms with Crippen LogP contribution < -0.4 is 4.74 Å². The third kappa shape index (κ3) is 3.48. The van der Waals surface area contributed by atoms with E-state index in [0.717, 1.165) is 22.4 Å². The zero-order valence-electron chi connectivity index (χ0n) is 11.2. The van der Waals surface area contributed by atoms with Crippen molar-refractivity contribution in [2.75, 3.05) is 14.2 Å². The highest BCUT2D eigenvalue weighted by molar-refractivity contribution is 5.40. The second-order valence-corrected chi connectivity index (χ2v) is 4.42. The highest BCUT2D eigenvalue weighted by atomic mass is 16.5. The number of ether oxygens (including phenoxy) is 2. The first-order valence-corrected chi connectivity index (χ1v) is 6.15. The lowest BCUT2D eigenvalue weighted by atomic mass is 10.0. The molecule has 0 atom stereocenters. The van der Waals surface area contributed by atoms with Crippen LogP contribution in [0.25, 0.3) is 0 Å². The summed E-state index contributed by atoms with van der Waals surface area (Å²) in [6.45, 7) is 0.510. The van der Waals surface area contributed by atoms with E-state index >= 15 is 0 Å². The molecule has 1 N–H and O–H groups in total. The Kier molecular flexibility index (Phi) is 4.42. The molecule has 3 heteroatoms. The van der Waals surface area contributed by atoms with E-state index in [1.807, 2.05) is 36.4 Å². The lowest BCUT2D eigenvalue weighted by Crippen LogP contribution is -1.92. The Morgan fingerprint density at radius 2 is 1.63 bits per heavy atom. The van der Waals surface area contributed by atoms with Gasteiger partial charge in [0.2, 0.25) is 0 Å². The molecule has 0 saturated heterocycles. The van der Waals surface area contributed by atoms with E-state index in [1.165, 1.54) is 0 Å². The first kappa shape index (κ1) is 13.4. The molecule has 0 amide bonds. The molecule has 0 bridgehead atoms. The minimum Gasteiger partial charge on any atom is -0.508 e. The van der Waals surface area contributed by atoms with E-state index in [-0.39, 0.29) is 0 Å². The summed E-state index contributed by atoms with van der Waals surface area (Å²) in [5, 5.41) is 10.00. The van der Waals surface area contributed by atoms with Gasteiger partial charge in [0, 0.05) is 13.5 Å². The lowest BCUT2D eigenvalue weighted by molar-refractivity contribution is 0.184. The second kappa shape index (κ2) is 6.25. The molecule has 2 aromatic carbocycles. The molecule has 0 fully saturated rings. The van der Waals surface area contributed by atoms with E-state index in [9.17, 15) is 5.11 Å². The van der Waals surface area contributed by atoms with Crippen LogP contribution in [0.4, 0.5) is 0 Å². The van der Waals surface area contributed by atoms with E-state index in [0.29, 0.717) is 18.8 Å². The number of aromatic hydroxyl groups is 1. The summed E-state index contributed by atoms with van der Waals surface area (Å²) in [4.78, 5) is 0. The third-order valence-corrected chi connectivity index (χ3v) is 3.01. The Hall–Kier alpha value is -2.00. The van der Waals surface area contributed by atoms with Crippen LogP contribution in [-0.4, -0.2) is 19.3 Å². The van der Waals surface area contributed by atoms with E-state index < -0.39 is 0 Å². The summed E-state index contributed by atoms with van der Waals surface area (Å²) in [5.41, 5.74) is 3.01. The van der Waals surface area contributed by atoms with Gasteiger partial charge in [0.15, 0.2) is 0 Å². The van der Waals surface area contributed by atoms with Crippen molar-refractivity contribution in [1.82, 2.24) is 0 Å². The Bertz CT molecular complexity index is 532. The van der Waals surface area contributed by atoms with Gasteiger partial charge in [-0.1, -0.05) is 24.3 Å². The van der Waals surface area contributed by atoms with Crippen LogP contribution in [0.3, 0.4) is 0 Å². The van der Waals surface area contributed by atoms with Gasteiger partial charge in [0.1, 0.15) is 11.5 Å². The van der Waals surface area contributed by atoms with Gasteiger partial charge in [-0.3, -0.25) is 0 Å². The van der Waals surface area contributed by atoms with Gasteiger partial charge >= 0.3 is 0 Å². The zero-order valence-corrected chi connectivity index (χ0v) is 11.2. The third-order valence-electron chi connectivity index (χ3n) is 3.01. The second-order valence-electron chi connectivity index (χ2n) is 4.42. The number of rotatable bonds is 5. The lowest BCUT2D eigenvalue weighted by Gasteiger charge is -2.08. The molecule has 0 aromatic heterocycles. The Labute approximate surface area is 113 Å². The first-order valence-electron chi connectivity index (χ1n) is 6.15. The van der Waals surface area contributed by atoms with Crippen LogP contribution in [0.5, 0.6) is 11.5 Å². The monoisotopic (exact) mass is 258 g/mol. The van der Waals surface area contributed by atoms with Crippen LogP contribution in [0.2, 0.25) is 0 Å². The number of methoxy groups -OCH3 is 2. The van der Waals surface area contributed by atoms with Crippen LogP contribution >= 0.6 is 0 Å². The maximum Gasteiger partial charge on any atom is 0.119 e. The summed E-state index contributed by atoms with van der Waals surface area (Å²) in [6, 6.07) is 13.5. The molecule has 0 aliphatic carbocycles. The van der Waals surface area contributed by atoms with E-state index in [1.54, 1.807) is 20.3 Å². The van der Waals surface area contributed by atoms with Crippen LogP contribution in [-0.2, 0) is 17.8 Å². The maximum absolute atomic E-state index is 10.00. The van der Waals surface area contributed by atoms with Crippen LogP contribution in [0.15, 0.2) is 42.5 Å².